The lowest BCUT2D eigenvalue weighted by atomic mass is 10.00. The molecule has 78 heavy (non-hydrogen) atoms. The number of hydrogen-bond acceptors (Lipinski definition) is 16. The molecule has 0 radical (unpaired) electrons. The number of halogens is 1. The Hall–Kier alpha value is -7.34. The normalized spacial score (nSPS) is 15.6. The number of hydrogen-bond donors (Lipinski definition) is 10. The zero-order chi connectivity index (χ0) is 57.1. The predicted molar refractivity (Wildman–Crippen MR) is 286 cm³/mol. The molecule has 0 aliphatic carbocycles. The third kappa shape index (κ3) is 23.9. The summed E-state index contributed by atoms with van der Waals surface area (Å²) in [5.41, 5.74) is 1.37. The number of carboxylic acid groups (broad SMARTS) is 5. The molecule has 0 aromatic heterocycles. The van der Waals surface area contributed by atoms with Crippen molar-refractivity contribution in [2.45, 2.75) is 69.3 Å². The minimum absolute atomic E-state index is 0.000624. The van der Waals surface area contributed by atoms with E-state index in [1.165, 1.54) is 0 Å². The lowest BCUT2D eigenvalue weighted by Crippen LogP contribution is -2.56. The number of ketones is 1. The summed E-state index contributed by atoms with van der Waals surface area (Å²) in [6, 6.07) is 15.1. The Kier molecular flexibility index (Phi) is 26.8. The number of amides is 5. The minimum Gasteiger partial charge on any atom is -0.481 e. The summed E-state index contributed by atoms with van der Waals surface area (Å²) in [7, 11) is 0. The van der Waals surface area contributed by atoms with Gasteiger partial charge in [-0.1, -0.05) is 54.6 Å². The Bertz CT molecular complexity index is 2540. The van der Waals surface area contributed by atoms with Gasteiger partial charge >= 0.3 is 35.9 Å². The van der Waals surface area contributed by atoms with Gasteiger partial charge in [0.2, 0.25) is 17.7 Å². The fourth-order valence-corrected chi connectivity index (χ4v) is 8.80. The summed E-state index contributed by atoms with van der Waals surface area (Å²) in [4.78, 5) is 143. The van der Waals surface area contributed by atoms with E-state index in [2.05, 4.69) is 49.2 Å². The zero-order valence-corrected chi connectivity index (χ0v) is 44.8. The third-order valence-electron chi connectivity index (χ3n) is 12.4. The van der Waals surface area contributed by atoms with E-state index in [1.807, 2.05) is 54.6 Å². The van der Waals surface area contributed by atoms with Gasteiger partial charge in [-0.25, -0.2) is 9.59 Å². The second kappa shape index (κ2) is 33.1. The van der Waals surface area contributed by atoms with Gasteiger partial charge in [-0.05, 0) is 75.9 Å². The highest BCUT2D eigenvalue weighted by atomic mass is 127. The summed E-state index contributed by atoms with van der Waals surface area (Å²) in [5.74, 6) is -9.89. The summed E-state index contributed by atoms with van der Waals surface area (Å²) in [6.07, 6.45) is -1.96. The standard InChI is InChI=1S/C51H66IN9O17/c52-37-12-9-33(10-13-37)26-40(54-41(63)28-58-17-19-59(29-44(66)67)21-23-61(31-46(70)71)24-22-60(20-18-58)30-45(68)69)49(74)55-39(27-34-8-11-35-5-1-2-6-36(35)25-34)48(73)53-16-4-3-7-42(78-32-62)57-51(77)56-38(14-15-43(64)65)47(72)50(75)76/h1-2,5-6,8-13,25,32,38-40,42H,3-4,7,14-24,26-31H2,(H,53,73)(H,54,63)(H,55,74)(H,64,65)(H,66,67)(H,68,69)(H,70,71)(H,75,76)(H2,56,57,77)/t38-,39-,40-,42+/m0/s1. The molecule has 0 spiro atoms. The molecule has 3 aromatic rings. The van der Waals surface area contributed by atoms with Crippen LogP contribution >= 0.6 is 22.6 Å². The van der Waals surface area contributed by atoms with Crippen LogP contribution in [0.3, 0.4) is 0 Å². The van der Waals surface area contributed by atoms with Gasteiger partial charge in [-0.3, -0.25) is 62.8 Å². The van der Waals surface area contributed by atoms with E-state index in [1.54, 1.807) is 31.7 Å². The highest BCUT2D eigenvalue weighted by Crippen LogP contribution is 2.18. The molecule has 4 atom stereocenters. The van der Waals surface area contributed by atoms with Gasteiger partial charge in [0.25, 0.3) is 12.3 Å². The molecule has 1 heterocycles. The van der Waals surface area contributed by atoms with Crippen molar-refractivity contribution >= 4 is 99.2 Å². The lowest BCUT2D eigenvalue weighted by Gasteiger charge is -2.33. The largest absolute Gasteiger partial charge is 0.481 e. The summed E-state index contributed by atoms with van der Waals surface area (Å²) < 4.78 is 5.86. The molecular weight excluding hydrogens is 1140 g/mol. The highest BCUT2D eigenvalue weighted by molar-refractivity contribution is 14.1. The maximum atomic E-state index is 14.6. The fourth-order valence-electron chi connectivity index (χ4n) is 8.44. The minimum atomic E-state index is -1.89. The molecule has 1 aliphatic heterocycles. The van der Waals surface area contributed by atoms with Crippen LogP contribution in [-0.4, -0.2) is 220 Å². The van der Waals surface area contributed by atoms with E-state index in [4.69, 9.17) is 14.9 Å². The SMILES string of the molecule is O=CO[C@H](CCCCNC(=O)[C@H](Cc1ccc2ccccc2c1)NC(=O)[C@H](Cc1ccc(I)cc1)NC(=O)CN1CCN(CC(=O)O)CCN(CC(=O)O)CCN(CC(=O)O)CC1)NC(=O)N[C@@H](CCC(=O)O)C(=O)C(=O)O. The molecular formula is C51H66IN9O17. The predicted octanol–water partition coefficient (Wildman–Crippen LogP) is -0.353. The average molecular weight is 1200 g/mol. The zero-order valence-electron chi connectivity index (χ0n) is 42.7. The fraction of sp³-hybridized carbons (Fsp3) is 0.471. The molecule has 0 unspecified atom stereocenters. The number of aliphatic carboxylic acids is 5. The number of Topliss-reactive ketones (excluding diaryl/α,β-unsaturated/α-hetero) is 1. The van der Waals surface area contributed by atoms with E-state index < -0.39 is 96.6 Å². The first kappa shape index (κ1) is 63.2. The van der Waals surface area contributed by atoms with Gasteiger partial charge in [-0.15, -0.1) is 0 Å². The summed E-state index contributed by atoms with van der Waals surface area (Å²) >= 11 is 2.13. The molecule has 3 aromatic carbocycles. The topological polar surface area (TPSA) is 371 Å². The van der Waals surface area contributed by atoms with Crippen LogP contribution in [0.15, 0.2) is 66.7 Å². The monoisotopic (exact) mass is 1200 g/mol. The second-order valence-corrected chi connectivity index (χ2v) is 19.7. The van der Waals surface area contributed by atoms with Crippen LogP contribution in [0.5, 0.6) is 0 Å². The number of rotatable bonds is 30. The molecule has 5 amide bonds. The number of benzene rings is 3. The molecule has 4 rings (SSSR count). The third-order valence-corrected chi connectivity index (χ3v) is 13.2. The van der Waals surface area contributed by atoms with Crippen molar-refractivity contribution in [2.75, 3.05) is 85.1 Å². The first-order valence-corrected chi connectivity index (χ1v) is 26.0. The van der Waals surface area contributed by atoms with Crippen molar-refractivity contribution in [3.8, 4) is 0 Å². The lowest BCUT2D eigenvalue weighted by molar-refractivity contribution is -0.150. The Balaban J connectivity index is 1.52. The van der Waals surface area contributed by atoms with Crippen molar-refractivity contribution in [3.05, 3.63) is 81.4 Å². The van der Waals surface area contributed by atoms with Crippen molar-refractivity contribution in [2.24, 2.45) is 0 Å². The van der Waals surface area contributed by atoms with E-state index in [9.17, 15) is 68.1 Å². The van der Waals surface area contributed by atoms with E-state index in [0.29, 0.717) is 11.1 Å². The Morgan fingerprint density at radius 1 is 0.551 bits per heavy atom. The Morgan fingerprint density at radius 2 is 1.06 bits per heavy atom. The molecule has 0 bridgehead atoms. The number of carbonyl (C=O) groups is 11. The van der Waals surface area contributed by atoms with Gasteiger partial charge in [0.1, 0.15) is 18.1 Å². The number of ether oxygens (including phenoxy) is 1. The van der Waals surface area contributed by atoms with Crippen molar-refractivity contribution in [3.63, 3.8) is 0 Å². The van der Waals surface area contributed by atoms with Crippen LogP contribution in [0, 0.1) is 3.57 Å². The number of carboxylic acids is 5. The number of urea groups is 1. The summed E-state index contributed by atoms with van der Waals surface area (Å²) in [5, 5.41) is 61.7. The maximum Gasteiger partial charge on any atom is 0.374 e. The number of nitrogens with zero attached hydrogens (tertiary/aromatic N) is 4. The molecule has 1 aliphatic rings. The first-order valence-electron chi connectivity index (χ1n) is 25.0. The smallest absolute Gasteiger partial charge is 0.374 e. The van der Waals surface area contributed by atoms with Crippen LogP contribution < -0.4 is 26.6 Å². The molecule has 27 heteroatoms. The first-order chi connectivity index (χ1) is 37.2. The molecule has 0 saturated carbocycles. The number of fused-ring (bicyclic) bond motifs is 1. The maximum absolute atomic E-state index is 14.6. The highest BCUT2D eigenvalue weighted by Gasteiger charge is 2.30. The van der Waals surface area contributed by atoms with Crippen LogP contribution in [-0.2, 0) is 65.5 Å². The van der Waals surface area contributed by atoms with Gasteiger partial charge in [0.15, 0.2) is 6.23 Å². The van der Waals surface area contributed by atoms with Gasteiger partial charge < -0.3 is 56.9 Å². The van der Waals surface area contributed by atoms with Crippen LogP contribution in [0.1, 0.15) is 43.2 Å². The Morgan fingerprint density at radius 3 is 1.59 bits per heavy atom. The number of nitrogens with one attached hydrogen (secondary N) is 5. The van der Waals surface area contributed by atoms with E-state index >= 15 is 0 Å². The number of carbonyl (C=O) groups excluding carboxylic acids is 6. The van der Waals surface area contributed by atoms with Crippen molar-refractivity contribution in [1.82, 2.24) is 46.2 Å². The number of unbranched alkanes of at least 4 members (excludes halogenated alkanes) is 1. The van der Waals surface area contributed by atoms with Crippen molar-refractivity contribution in [1.29, 1.82) is 0 Å². The molecule has 1 saturated heterocycles. The van der Waals surface area contributed by atoms with Gasteiger partial charge in [-0.2, -0.15) is 0 Å². The van der Waals surface area contributed by atoms with Crippen molar-refractivity contribution < 1.29 is 83.0 Å². The Labute approximate surface area is 462 Å². The average Bonchev–Trinajstić information content (AvgIpc) is 3.38. The summed E-state index contributed by atoms with van der Waals surface area (Å²) in [6.45, 7) is 0.0207. The quantitative estimate of drug-likeness (QED) is 0.0134. The van der Waals surface area contributed by atoms with Crippen LogP contribution in [0.4, 0.5) is 4.79 Å². The van der Waals surface area contributed by atoms with Gasteiger partial charge in [0.05, 0.1) is 26.2 Å². The molecule has 424 valence electrons. The second-order valence-electron chi connectivity index (χ2n) is 18.5. The molecule has 26 nitrogen and oxygen atoms in total. The molecule has 1 fully saturated rings. The van der Waals surface area contributed by atoms with E-state index in [-0.39, 0.29) is 124 Å². The van der Waals surface area contributed by atoms with Gasteiger partial charge in [0, 0.05) is 88.2 Å². The van der Waals surface area contributed by atoms with Crippen LogP contribution in [0.25, 0.3) is 10.8 Å². The molecule has 10 N–H and O–H groups in total. The van der Waals surface area contributed by atoms with Crippen LogP contribution in [0.2, 0.25) is 0 Å². The van der Waals surface area contributed by atoms with E-state index in [0.717, 1.165) is 14.3 Å².